The highest BCUT2D eigenvalue weighted by Crippen LogP contribution is 2.24. The summed E-state index contributed by atoms with van der Waals surface area (Å²) >= 11 is 7.25. The number of hydrogen-bond acceptors (Lipinski definition) is 3. The van der Waals surface area contributed by atoms with Gasteiger partial charge in [0.2, 0.25) is 5.91 Å². The van der Waals surface area contributed by atoms with Crippen LogP contribution in [0.1, 0.15) is 15.9 Å². The monoisotopic (exact) mass is 335 g/mol. The number of anilines is 1. The van der Waals surface area contributed by atoms with Crippen molar-refractivity contribution in [1.29, 1.82) is 0 Å². The van der Waals surface area contributed by atoms with Gasteiger partial charge in [0.25, 0.3) is 0 Å². The molecule has 2 aromatic rings. The molecular formula is C16H14ClNO3S. The maximum Gasteiger partial charge on any atom is 0.337 e. The lowest BCUT2D eigenvalue weighted by Gasteiger charge is -2.09. The molecule has 0 aliphatic rings. The summed E-state index contributed by atoms with van der Waals surface area (Å²) in [5.74, 6) is -1.20. The number of benzene rings is 2. The number of carboxylic acids is 1. The second kappa shape index (κ2) is 7.33. The highest BCUT2D eigenvalue weighted by molar-refractivity contribution is 8.00. The number of aryl methyl sites for hydroxylation is 1. The Morgan fingerprint density at radius 3 is 2.64 bits per heavy atom. The highest BCUT2D eigenvalue weighted by atomic mass is 35.5. The standard InChI is InChI=1S/C16H14ClNO3S/c1-10-4-2-3-5-14(10)22-9-15(19)18-13-8-11(17)6-7-12(13)16(20)21/h2-8H,9H2,1H3,(H,18,19)(H,20,21). The Bertz CT molecular complexity index is 718. The van der Waals surface area contributed by atoms with Crippen molar-refractivity contribution < 1.29 is 14.7 Å². The molecule has 22 heavy (non-hydrogen) atoms. The van der Waals surface area contributed by atoms with Crippen molar-refractivity contribution in [3.8, 4) is 0 Å². The van der Waals surface area contributed by atoms with E-state index in [2.05, 4.69) is 5.32 Å². The molecule has 114 valence electrons. The second-order valence-electron chi connectivity index (χ2n) is 4.60. The predicted molar refractivity (Wildman–Crippen MR) is 88.9 cm³/mol. The molecule has 2 aromatic carbocycles. The Morgan fingerprint density at radius 1 is 1.23 bits per heavy atom. The van der Waals surface area contributed by atoms with E-state index < -0.39 is 5.97 Å². The van der Waals surface area contributed by atoms with E-state index in [4.69, 9.17) is 16.7 Å². The normalized spacial score (nSPS) is 10.3. The van der Waals surface area contributed by atoms with Gasteiger partial charge in [-0.25, -0.2) is 4.79 Å². The lowest BCUT2D eigenvalue weighted by atomic mass is 10.2. The van der Waals surface area contributed by atoms with Crippen molar-refractivity contribution in [1.82, 2.24) is 0 Å². The molecule has 2 N–H and O–H groups in total. The van der Waals surface area contributed by atoms with Gasteiger partial charge in [-0.1, -0.05) is 29.8 Å². The zero-order chi connectivity index (χ0) is 16.1. The lowest BCUT2D eigenvalue weighted by Crippen LogP contribution is -2.16. The number of nitrogens with one attached hydrogen (secondary N) is 1. The molecule has 0 aromatic heterocycles. The topological polar surface area (TPSA) is 66.4 Å². The first-order chi connectivity index (χ1) is 10.5. The van der Waals surface area contributed by atoms with E-state index in [0.717, 1.165) is 10.5 Å². The number of halogens is 1. The average molecular weight is 336 g/mol. The molecule has 1 amide bonds. The molecule has 0 fully saturated rings. The van der Waals surface area contributed by atoms with Gasteiger partial charge in [-0.05, 0) is 36.8 Å². The first-order valence-electron chi connectivity index (χ1n) is 6.48. The van der Waals surface area contributed by atoms with Crippen LogP contribution in [0.4, 0.5) is 5.69 Å². The largest absolute Gasteiger partial charge is 0.478 e. The van der Waals surface area contributed by atoms with Crippen molar-refractivity contribution in [2.75, 3.05) is 11.1 Å². The summed E-state index contributed by atoms with van der Waals surface area (Å²) in [5.41, 5.74) is 1.31. The number of amides is 1. The molecule has 0 unspecified atom stereocenters. The number of rotatable bonds is 5. The van der Waals surface area contributed by atoms with Crippen LogP contribution in [0, 0.1) is 6.92 Å². The minimum atomic E-state index is -1.11. The maximum absolute atomic E-state index is 12.0. The zero-order valence-electron chi connectivity index (χ0n) is 11.8. The molecule has 0 heterocycles. The average Bonchev–Trinajstić information content (AvgIpc) is 2.46. The van der Waals surface area contributed by atoms with E-state index in [-0.39, 0.29) is 22.9 Å². The van der Waals surface area contributed by atoms with Crippen LogP contribution in [0.25, 0.3) is 0 Å². The van der Waals surface area contributed by atoms with E-state index >= 15 is 0 Å². The van der Waals surface area contributed by atoms with E-state index in [1.807, 2.05) is 31.2 Å². The fourth-order valence-electron chi connectivity index (χ4n) is 1.85. The molecule has 0 saturated carbocycles. The third kappa shape index (κ3) is 4.26. The van der Waals surface area contributed by atoms with Gasteiger partial charge >= 0.3 is 5.97 Å². The first kappa shape index (κ1) is 16.4. The Hall–Kier alpha value is -1.98. The molecular weight excluding hydrogens is 322 g/mol. The molecule has 0 bridgehead atoms. The Morgan fingerprint density at radius 2 is 1.95 bits per heavy atom. The number of carbonyl (C=O) groups is 2. The van der Waals surface area contributed by atoms with Gasteiger partial charge in [-0.2, -0.15) is 0 Å². The lowest BCUT2D eigenvalue weighted by molar-refractivity contribution is -0.113. The number of carbonyl (C=O) groups excluding carboxylic acids is 1. The van der Waals surface area contributed by atoms with Gasteiger partial charge in [0.15, 0.2) is 0 Å². The van der Waals surface area contributed by atoms with Crippen LogP contribution in [0.5, 0.6) is 0 Å². The smallest absolute Gasteiger partial charge is 0.337 e. The van der Waals surface area contributed by atoms with E-state index in [1.54, 1.807) is 0 Å². The fourth-order valence-corrected chi connectivity index (χ4v) is 2.86. The Labute approximate surface area is 137 Å². The van der Waals surface area contributed by atoms with Gasteiger partial charge in [-0.15, -0.1) is 11.8 Å². The van der Waals surface area contributed by atoms with E-state index in [1.165, 1.54) is 30.0 Å². The van der Waals surface area contributed by atoms with E-state index in [9.17, 15) is 9.59 Å². The minimum Gasteiger partial charge on any atom is -0.478 e. The molecule has 0 radical (unpaired) electrons. The van der Waals surface area contributed by atoms with Crippen LogP contribution in [0.3, 0.4) is 0 Å². The van der Waals surface area contributed by atoms with Gasteiger partial charge in [0.1, 0.15) is 0 Å². The van der Waals surface area contributed by atoms with Gasteiger partial charge in [-0.3, -0.25) is 4.79 Å². The van der Waals surface area contributed by atoms with Crippen molar-refractivity contribution in [3.63, 3.8) is 0 Å². The van der Waals surface area contributed by atoms with Gasteiger partial charge in [0, 0.05) is 9.92 Å². The first-order valence-corrected chi connectivity index (χ1v) is 7.85. The van der Waals surface area contributed by atoms with Crippen molar-refractivity contribution in [2.24, 2.45) is 0 Å². The number of aromatic carboxylic acids is 1. The number of hydrogen-bond donors (Lipinski definition) is 2. The summed E-state index contributed by atoms with van der Waals surface area (Å²) < 4.78 is 0. The summed E-state index contributed by atoms with van der Waals surface area (Å²) in [4.78, 5) is 24.2. The third-order valence-corrected chi connectivity index (χ3v) is 4.35. The summed E-state index contributed by atoms with van der Waals surface area (Å²) in [5, 5.41) is 12.1. The van der Waals surface area contributed by atoms with Crippen LogP contribution < -0.4 is 5.32 Å². The van der Waals surface area contributed by atoms with Crippen LogP contribution in [0.15, 0.2) is 47.4 Å². The number of carboxylic acid groups (broad SMARTS) is 1. The third-order valence-electron chi connectivity index (χ3n) is 2.94. The summed E-state index contributed by atoms with van der Waals surface area (Å²) in [7, 11) is 0. The Balaban J connectivity index is 2.05. The number of thioether (sulfide) groups is 1. The minimum absolute atomic E-state index is 0.0126. The van der Waals surface area contributed by atoms with Gasteiger partial charge < -0.3 is 10.4 Å². The summed E-state index contributed by atoms with van der Waals surface area (Å²) in [6.45, 7) is 1.97. The molecule has 4 nitrogen and oxygen atoms in total. The zero-order valence-corrected chi connectivity index (χ0v) is 13.4. The molecule has 0 aliphatic heterocycles. The molecule has 0 spiro atoms. The molecule has 6 heteroatoms. The van der Waals surface area contributed by atoms with Crippen molar-refractivity contribution in [2.45, 2.75) is 11.8 Å². The SMILES string of the molecule is Cc1ccccc1SCC(=O)Nc1cc(Cl)ccc1C(=O)O. The summed E-state index contributed by atoms with van der Waals surface area (Å²) in [6, 6.07) is 12.0. The molecule has 0 atom stereocenters. The van der Waals surface area contributed by atoms with Crippen LogP contribution in [0.2, 0.25) is 5.02 Å². The van der Waals surface area contributed by atoms with Crippen LogP contribution in [-0.4, -0.2) is 22.7 Å². The molecule has 0 saturated heterocycles. The van der Waals surface area contributed by atoms with E-state index in [0.29, 0.717) is 5.02 Å². The summed E-state index contributed by atoms with van der Waals surface area (Å²) in [6.07, 6.45) is 0. The predicted octanol–water partition coefficient (Wildman–Crippen LogP) is 4.08. The molecule has 2 rings (SSSR count). The van der Waals surface area contributed by atoms with Crippen molar-refractivity contribution in [3.05, 3.63) is 58.6 Å². The van der Waals surface area contributed by atoms with Crippen LogP contribution >= 0.6 is 23.4 Å². The molecule has 0 aliphatic carbocycles. The Kier molecular flexibility index (Phi) is 5.46. The van der Waals surface area contributed by atoms with Crippen LogP contribution in [-0.2, 0) is 4.79 Å². The maximum atomic E-state index is 12.0. The van der Waals surface area contributed by atoms with Crippen molar-refractivity contribution >= 4 is 40.9 Å². The highest BCUT2D eigenvalue weighted by Gasteiger charge is 2.13. The quantitative estimate of drug-likeness (QED) is 0.808. The fraction of sp³-hybridized carbons (Fsp3) is 0.125. The van der Waals surface area contributed by atoms with Gasteiger partial charge in [0.05, 0.1) is 17.0 Å². The second-order valence-corrected chi connectivity index (χ2v) is 6.05.